The molecule has 1 heterocycles. The van der Waals surface area contributed by atoms with E-state index >= 15 is 0 Å². The first-order valence-electron chi connectivity index (χ1n) is 3.28. The molecule has 64 valence electrons. The van der Waals surface area contributed by atoms with Crippen molar-refractivity contribution in [2.75, 3.05) is 12.1 Å². The topological polar surface area (TPSA) is 71.5 Å². The predicted octanol–water partition coefficient (Wildman–Crippen LogP) is 0.580. The number of carbonyl (C=O) groups is 1. The fourth-order valence-electron chi connectivity index (χ4n) is 0.636. The van der Waals surface area contributed by atoms with Gasteiger partial charge in [0.05, 0.1) is 0 Å². The van der Waals surface area contributed by atoms with Crippen LogP contribution in [0.1, 0.15) is 0 Å². The minimum Gasteiger partial charge on any atom is -0.422 e. The number of hydrogen-bond donors (Lipinski definition) is 2. The number of nitrogens with zero attached hydrogens (tertiary/aromatic N) is 1. The maximum Gasteiger partial charge on any atom is 0.414 e. The highest BCUT2D eigenvalue weighted by atomic mass is 16.6. The van der Waals surface area contributed by atoms with Crippen molar-refractivity contribution >= 4 is 11.9 Å². The Balaban J connectivity index is 2.47. The highest BCUT2D eigenvalue weighted by Gasteiger charge is 2.00. The van der Waals surface area contributed by atoms with E-state index in [-0.39, 0.29) is 0 Å². The van der Waals surface area contributed by atoms with Gasteiger partial charge in [-0.1, -0.05) is 6.07 Å². The van der Waals surface area contributed by atoms with E-state index in [1.165, 1.54) is 6.20 Å². The van der Waals surface area contributed by atoms with E-state index in [2.05, 4.69) is 15.0 Å². The molecule has 2 N–H and O–H groups in total. The summed E-state index contributed by atoms with van der Waals surface area (Å²) in [4.78, 5) is 14.5. The molecule has 1 rings (SSSR count). The molecule has 0 aliphatic heterocycles. The fraction of sp³-hybridized carbons (Fsp3) is 0.143. The number of aromatic nitrogens is 1. The molecular weight excluding hydrogens is 160 g/mol. The van der Waals surface area contributed by atoms with E-state index in [0.717, 1.165) is 0 Å². The molecule has 5 heteroatoms. The van der Waals surface area contributed by atoms with Gasteiger partial charge < -0.3 is 9.84 Å². The summed E-state index contributed by atoms with van der Waals surface area (Å²) in [5.41, 5.74) is 0. The lowest BCUT2D eigenvalue weighted by Crippen LogP contribution is -2.14. The molecule has 0 bridgehead atoms. The molecule has 0 aliphatic rings. The number of aliphatic hydroxyl groups is 1. The molecule has 0 saturated heterocycles. The predicted molar refractivity (Wildman–Crippen MR) is 41.4 cm³/mol. The van der Waals surface area contributed by atoms with Crippen LogP contribution in [0.25, 0.3) is 0 Å². The average molecular weight is 168 g/mol. The van der Waals surface area contributed by atoms with Crippen molar-refractivity contribution in [3.8, 4) is 0 Å². The van der Waals surface area contributed by atoms with Crippen LogP contribution < -0.4 is 5.32 Å². The van der Waals surface area contributed by atoms with Gasteiger partial charge in [0.15, 0.2) is 6.79 Å². The van der Waals surface area contributed by atoms with Crippen molar-refractivity contribution in [2.45, 2.75) is 0 Å². The van der Waals surface area contributed by atoms with E-state index in [1.807, 2.05) is 0 Å². The number of aliphatic hydroxyl groups excluding tert-OH is 1. The molecule has 0 saturated carbocycles. The van der Waals surface area contributed by atoms with E-state index in [1.54, 1.807) is 18.2 Å². The second kappa shape index (κ2) is 4.30. The van der Waals surface area contributed by atoms with Crippen LogP contribution >= 0.6 is 0 Å². The fourth-order valence-corrected chi connectivity index (χ4v) is 0.636. The molecule has 0 aliphatic carbocycles. The quantitative estimate of drug-likeness (QED) is 0.633. The molecule has 0 aromatic carbocycles. The Kier molecular flexibility index (Phi) is 3.04. The van der Waals surface area contributed by atoms with Gasteiger partial charge in [0.25, 0.3) is 0 Å². The van der Waals surface area contributed by atoms with Crippen molar-refractivity contribution in [3.05, 3.63) is 24.4 Å². The Morgan fingerprint density at radius 1 is 1.67 bits per heavy atom. The Morgan fingerprint density at radius 2 is 2.50 bits per heavy atom. The maximum absolute atomic E-state index is 10.7. The number of nitrogens with one attached hydrogen (secondary N) is 1. The Bertz CT molecular complexity index is 250. The van der Waals surface area contributed by atoms with E-state index in [0.29, 0.717) is 5.82 Å². The van der Waals surface area contributed by atoms with Crippen molar-refractivity contribution in [2.24, 2.45) is 0 Å². The first kappa shape index (κ1) is 8.48. The monoisotopic (exact) mass is 168 g/mol. The molecular formula is C7H8N2O3. The third-order valence-corrected chi connectivity index (χ3v) is 1.09. The standard InChI is InChI=1S/C7H8N2O3/c10-5-12-7(11)9-6-3-1-2-4-8-6/h1-4,10H,5H2,(H,8,9,11). The normalized spacial score (nSPS) is 9.08. The zero-order valence-corrected chi connectivity index (χ0v) is 6.23. The molecule has 5 nitrogen and oxygen atoms in total. The Hall–Kier alpha value is -1.62. The summed E-state index contributed by atoms with van der Waals surface area (Å²) in [7, 11) is 0. The summed E-state index contributed by atoms with van der Waals surface area (Å²) in [5, 5.41) is 10.5. The average Bonchev–Trinajstić information content (AvgIpc) is 2.06. The molecule has 0 unspecified atom stereocenters. The third-order valence-electron chi connectivity index (χ3n) is 1.09. The van der Waals surface area contributed by atoms with Crippen LogP contribution in [-0.2, 0) is 4.74 Å². The van der Waals surface area contributed by atoms with E-state index in [4.69, 9.17) is 5.11 Å². The summed E-state index contributed by atoms with van der Waals surface area (Å²) in [5.74, 6) is 0.385. The highest BCUT2D eigenvalue weighted by molar-refractivity contribution is 5.83. The van der Waals surface area contributed by atoms with Crippen LogP contribution in [0.5, 0.6) is 0 Å². The molecule has 0 fully saturated rings. The summed E-state index contributed by atoms with van der Waals surface area (Å²) < 4.78 is 4.21. The van der Waals surface area contributed by atoms with Crippen LogP contribution in [0.15, 0.2) is 24.4 Å². The van der Waals surface area contributed by atoms with Crippen LogP contribution in [0.3, 0.4) is 0 Å². The van der Waals surface area contributed by atoms with Crippen LogP contribution in [0, 0.1) is 0 Å². The minimum absolute atomic E-state index is 0.385. The Labute approximate surface area is 69.0 Å². The first-order chi connectivity index (χ1) is 5.83. The number of carbonyl (C=O) groups excluding carboxylic acids is 1. The van der Waals surface area contributed by atoms with Gasteiger partial charge in [0, 0.05) is 6.20 Å². The van der Waals surface area contributed by atoms with Gasteiger partial charge in [0.2, 0.25) is 0 Å². The smallest absolute Gasteiger partial charge is 0.414 e. The molecule has 1 amide bonds. The van der Waals surface area contributed by atoms with Crippen LogP contribution in [-0.4, -0.2) is 23.0 Å². The summed E-state index contributed by atoms with van der Waals surface area (Å²) in [6.07, 6.45) is 0.811. The summed E-state index contributed by atoms with van der Waals surface area (Å²) >= 11 is 0. The van der Waals surface area contributed by atoms with Gasteiger partial charge in [-0.25, -0.2) is 9.78 Å². The Morgan fingerprint density at radius 3 is 3.08 bits per heavy atom. The number of amides is 1. The van der Waals surface area contributed by atoms with E-state index in [9.17, 15) is 4.79 Å². The second-order valence-corrected chi connectivity index (χ2v) is 1.90. The molecule has 0 atom stereocenters. The number of anilines is 1. The molecule has 1 aromatic rings. The lowest BCUT2D eigenvalue weighted by atomic mass is 10.5. The van der Waals surface area contributed by atoms with Gasteiger partial charge in [-0.2, -0.15) is 0 Å². The van der Waals surface area contributed by atoms with Crippen LogP contribution in [0.4, 0.5) is 10.6 Å². The van der Waals surface area contributed by atoms with Gasteiger partial charge in [-0.15, -0.1) is 0 Å². The molecule has 0 radical (unpaired) electrons. The van der Waals surface area contributed by atoms with E-state index < -0.39 is 12.9 Å². The second-order valence-electron chi connectivity index (χ2n) is 1.90. The molecule has 1 aromatic heterocycles. The van der Waals surface area contributed by atoms with Gasteiger partial charge >= 0.3 is 6.09 Å². The maximum atomic E-state index is 10.7. The van der Waals surface area contributed by atoms with Crippen molar-refractivity contribution in [3.63, 3.8) is 0 Å². The minimum atomic E-state index is -0.726. The summed E-state index contributed by atoms with van der Waals surface area (Å²) in [6, 6.07) is 5.06. The lowest BCUT2D eigenvalue weighted by Gasteiger charge is -2.01. The van der Waals surface area contributed by atoms with Crippen LogP contribution in [0.2, 0.25) is 0 Å². The van der Waals surface area contributed by atoms with Gasteiger partial charge in [-0.05, 0) is 12.1 Å². The van der Waals surface area contributed by atoms with Gasteiger partial charge in [0.1, 0.15) is 5.82 Å². The van der Waals surface area contributed by atoms with Gasteiger partial charge in [-0.3, -0.25) is 5.32 Å². The SMILES string of the molecule is O=C(Nc1ccccn1)OCO. The van der Waals surface area contributed by atoms with Crippen molar-refractivity contribution in [1.82, 2.24) is 4.98 Å². The zero-order valence-electron chi connectivity index (χ0n) is 6.23. The number of hydrogen-bond acceptors (Lipinski definition) is 4. The molecule has 12 heavy (non-hydrogen) atoms. The largest absolute Gasteiger partial charge is 0.422 e. The number of pyridine rings is 1. The first-order valence-corrected chi connectivity index (χ1v) is 3.28. The summed E-state index contributed by atoms with van der Waals surface area (Å²) in [6.45, 7) is -0.640. The van der Waals surface area contributed by atoms with Crippen molar-refractivity contribution in [1.29, 1.82) is 0 Å². The highest BCUT2D eigenvalue weighted by Crippen LogP contribution is 1.99. The lowest BCUT2D eigenvalue weighted by molar-refractivity contribution is 0.0527. The zero-order chi connectivity index (χ0) is 8.81. The number of rotatable bonds is 2. The number of ether oxygens (including phenoxy) is 1. The van der Waals surface area contributed by atoms with Crippen molar-refractivity contribution < 1.29 is 14.6 Å². The third kappa shape index (κ3) is 2.55. The molecule has 0 spiro atoms.